The average Bonchev–Trinajstić information content (AvgIpc) is 3.24. The zero-order chi connectivity index (χ0) is 17.4. The molecule has 25 heavy (non-hydrogen) atoms. The van der Waals surface area contributed by atoms with E-state index in [1.807, 2.05) is 6.07 Å². The van der Waals surface area contributed by atoms with Crippen molar-refractivity contribution in [3.63, 3.8) is 0 Å². The molecule has 4 rings (SSSR count). The van der Waals surface area contributed by atoms with Crippen LogP contribution in [0.4, 0.5) is 9.18 Å². The molecule has 0 radical (unpaired) electrons. The fraction of sp³-hybridized carbons (Fsp3) is 0.500. The molecule has 1 aliphatic carbocycles. The molecule has 132 valence electrons. The van der Waals surface area contributed by atoms with E-state index in [1.54, 1.807) is 17.9 Å². The minimum Gasteiger partial charge on any atom is -0.340 e. The molecule has 1 fully saturated rings. The van der Waals surface area contributed by atoms with Crippen LogP contribution in [0.5, 0.6) is 0 Å². The van der Waals surface area contributed by atoms with Gasteiger partial charge in [-0.2, -0.15) is 4.98 Å². The fourth-order valence-electron chi connectivity index (χ4n) is 3.88. The quantitative estimate of drug-likeness (QED) is 0.906. The van der Waals surface area contributed by atoms with E-state index in [4.69, 9.17) is 4.52 Å². The molecule has 2 atom stereocenters. The number of amides is 2. The molecule has 0 spiro atoms. The van der Waals surface area contributed by atoms with Crippen LogP contribution < -0.4 is 5.32 Å². The van der Waals surface area contributed by atoms with Gasteiger partial charge >= 0.3 is 6.03 Å². The van der Waals surface area contributed by atoms with Crippen LogP contribution in [0, 0.1) is 12.7 Å². The first-order valence-electron chi connectivity index (χ1n) is 8.77. The molecule has 6 nitrogen and oxygen atoms in total. The van der Waals surface area contributed by atoms with Crippen LogP contribution in [0.15, 0.2) is 22.7 Å². The minimum absolute atomic E-state index is 0.146. The van der Waals surface area contributed by atoms with Crippen LogP contribution in [-0.4, -0.2) is 27.6 Å². The Morgan fingerprint density at radius 1 is 1.36 bits per heavy atom. The zero-order valence-electron chi connectivity index (χ0n) is 14.2. The van der Waals surface area contributed by atoms with Crippen molar-refractivity contribution in [2.45, 2.75) is 51.1 Å². The summed E-state index contributed by atoms with van der Waals surface area (Å²) in [5, 5.41) is 7.05. The van der Waals surface area contributed by atoms with Crippen LogP contribution in [0.1, 0.15) is 60.6 Å². The van der Waals surface area contributed by atoms with Crippen LogP contribution in [0.2, 0.25) is 0 Å². The van der Waals surface area contributed by atoms with Gasteiger partial charge in [0.25, 0.3) is 0 Å². The van der Waals surface area contributed by atoms with Gasteiger partial charge in [-0.1, -0.05) is 11.2 Å². The molecule has 2 aliphatic rings. The SMILES string of the molecule is Cc1nc([C@H]2CCCN2C(=O)N[C@H]2CCCc3ccc(F)cc32)no1. The van der Waals surface area contributed by atoms with Crippen molar-refractivity contribution in [2.75, 3.05) is 6.54 Å². The lowest BCUT2D eigenvalue weighted by Gasteiger charge is -2.30. The molecule has 2 heterocycles. The molecule has 1 aromatic heterocycles. The lowest BCUT2D eigenvalue weighted by atomic mass is 9.87. The van der Waals surface area contributed by atoms with E-state index in [-0.39, 0.29) is 23.9 Å². The smallest absolute Gasteiger partial charge is 0.318 e. The summed E-state index contributed by atoms with van der Waals surface area (Å²) in [4.78, 5) is 18.9. The van der Waals surface area contributed by atoms with Gasteiger partial charge in [0.1, 0.15) is 5.82 Å². The van der Waals surface area contributed by atoms with Gasteiger partial charge in [-0.25, -0.2) is 9.18 Å². The molecule has 0 bridgehead atoms. The van der Waals surface area contributed by atoms with E-state index in [1.165, 1.54) is 6.07 Å². The number of urea groups is 1. The van der Waals surface area contributed by atoms with Crippen molar-refractivity contribution >= 4 is 6.03 Å². The molecular formula is C18H21FN4O2. The first-order chi connectivity index (χ1) is 12.1. The monoisotopic (exact) mass is 344 g/mol. The van der Waals surface area contributed by atoms with Gasteiger partial charge < -0.3 is 14.7 Å². The predicted octanol–water partition coefficient (Wildman–Crippen LogP) is 3.44. The number of aromatic nitrogens is 2. The highest BCUT2D eigenvalue weighted by Gasteiger charge is 2.34. The second-order valence-electron chi connectivity index (χ2n) is 6.76. The number of halogens is 1. The highest BCUT2D eigenvalue weighted by atomic mass is 19.1. The first kappa shape index (κ1) is 16.1. The second kappa shape index (κ2) is 6.46. The molecule has 1 aliphatic heterocycles. The number of nitrogens with zero attached hydrogens (tertiary/aromatic N) is 3. The lowest BCUT2D eigenvalue weighted by molar-refractivity contribution is 0.184. The Labute approximate surface area is 145 Å². The van der Waals surface area contributed by atoms with Gasteiger partial charge in [0.15, 0.2) is 5.82 Å². The molecule has 1 aromatic carbocycles. The Balaban J connectivity index is 1.52. The molecule has 7 heteroatoms. The van der Waals surface area contributed by atoms with E-state index in [0.717, 1.165) is 43.2 Å². The van der Waals surface area contributed by atoms with Gasteiger partial charge in [0, 0.05) is 13.5 Å². The number of likely N-dealkylation sites (tertiary alicyclic amines) is 1. The van der Waals surface area contributed by atoms with Crippen molar-refractivity contribution in [3.05, 3.63) is 46.9 Å². The number of carbonyl (C=O) groups is 1. The first-order valence-corrected chi connectivity index (χ1v) is 8.77. The average molecular weight is 344 g/mol. The standard InChI is InChI=1S/C18H21FN4O2/c1-11-20-17(22-25-11)16-6-3-9-23(16)18(24)21-15-5-2-4-12-7-8-13(19)10-14(12)15/h7-8,10,15-16H,2-6,9H2,1H3,(H,21,24)/t15-,16+/m0/s1. The van der Waals surface area contributed by atoms with E-state index in [2.05, 4.69) is 15.5 Å². The van der Waals surface area contributed by atoms with E-state index in [9.17, 15) is 9.18 Å². The van der Waals surface area contributed by atoms with E-state index in [0.29, 0.717) is 18.3 Å². The summed E-state index contributed by atoms with van der Waals surface area (Å²) in [5.41, 5.74) is 2.01. The number of benzene rings is 1. The topological polar surface area (TPSA) is 71.3 Å². The summed E-state index contributed by atoms with van der Waals surface area (Å²) < 4.78 is 18.7. The number of aryl methyl sites for hydroxylation is 2. The number of nitrogens with one attached hydrogen (secondary N) is 1. The maximum atomic E-state index is 13.6. The third-order valence-electron chi connectivity index (χ3n) is 5.07. The van der Waals surface area contributed by atoms with Crippen molar-refractivity contribution in [1.82, 2.24) is 20.4 Å². The highest BCUT2D eigenvalue weighted by Crippen LogP contribution is 2.33. The van der Waals surface area contributed by atoms with Crippen molar-refractivity contribution in [2.24, 2.45) is 0 Å². The summed E-state index contributed by atoms with van der Waals surface area (Å²) in [6.45, 7) is 2.40. The fourth-order valence-corrected chi connectivity index (χ4v) is 3.88. The Morgan fingerprint density at radius 3 is 3.04 bits per heavy atom. The number of carbonyl (C=O) groups excluding carboxylic acids is 1. The number of hydrogen-bond acceptors (Lipinski definition) is 4. The van der Waals surface area contributed by atoms with Crippen LogP contribution in [-0.2, 0) is 6.42 Å². The van der Waals surface area contributed by atoms with Gasteiger partial charge in [-0.05, 0) is 55.4 Å². The summed E-state index contributed by atoms with van der Waals surface area (Å²) >= 11 is 0. The van der Waals surface area contributed by atoms with Crippen molar-refractivity contribution < 1.29 is 13.7 Å². The minimum atomic E-state index is -0.263. The summed E-state index contributed by atoms with van der Waals surface area (Å²) in [5.74, 6) is 0.792. The van der Waals surface area contributed by atoms with Crippen LogP contribution in [0.25, 0.3) is 0 Å². The van der Waals surface area contributed by atoms with E-state index >= 15 is 0 Å². The van der Waals surface area contributed by atoms with Crippen LogP contribution >= 0.6 is 0 Å². The Kier molecular flexibility index (Phi) is 4.15. The van der Waals surface area contributed by atoms with E-state index < -0.39 is 0 Å². The maximum Gasteiger partial charge on any atom is 0.318 e. The molecule has 0 unspecified atom stereocenters. The normalized spacial score (nSPS) is 22.7. The third kappa shape index (κ3) is 3.10. The summed E-state index contributed by atoms with van der Waals surface area (Å²) in [6.07, 6.45) is 4.46. The summed E-state index contributed by atoms with van der Waals surface area (Å²) in [6, 6.07) is 4.39. The lowest BCUT2D eigenvalue weighted by Crippen LogP contribution is -2.42. The Bertz CT molecular complexity index is 791. The Morgan fingerprint density at radius 2 is 2.24 bits per heavy atom. The number of fused-ring (bicyclic) bond motifs is 1. The molecule has 2 aromatic rings. The zero-order valence-corrected chi connectivity index (χ0v) is 14.2. The predicted molar refractivity (Wildman–Crippen MR) is 88.3 cm³/mol. The molecule has 0 saturated carbocycles. The molecule has 1 N–H and O–H groups in total. The molecule has 1 saturated heterocycles. The van der Waals surface area contributed by atoms with Gasteiger partial charge in [-0.3, -0.25) is 0 Å². The molecule has 2 amide bonds. The van der Waals surface area contributed by atoms with Gasteiger partial charge in [-0.15, -0.1) is 0 Å². The largest absolute Gasteiger partial charge is 0.340 e. The summed E-state index contributed by atoms with van der Waals surface area (Å²) in [7, 11) is 0. The van der Waals surface area contributed by atoms with Crippen molar-refractivity contribution in [1.29, 1.82) is 0 Å². The molecular weight excluding hydrogens is 323 g/mol. The Hall–Kier alpha value is -2.44. The number of rotatable bonds is 2. The maximum absolute atomic E-state index is 13.6. The number of hydrogen-bond donors (Lipinski definition) is 1. The van der Waals surface area contributed by atoms with Gasteiger partial charge in [0.05, 0.1) is 12.1 Å². The van der Waals surface area contributed by atoms with Crippen LogP contribution in [0.3, 0.4) is 0 Å². The third-order valence-corrected chi connectivity index (χ3v) is 5.07. The van der Waals surface area contributed by atoms with Crippen molar-refractivity contribution in [3.8, 4) is 0 Å². The second-order valence-corrected chi connectivity index (χ2v) is 6.76. The highest BCUT2D eigenvalue weighted by molar-refractivity contribution is 5.75. The van der Waals surface area contributed by atoms with Gasteiger partial charge in [0.2, 0.25) is 5.89 Å².